The van der Waals surface area contributed by atoms with E-state index in [0.717, 1.165) is 0 Å². The topological polar surface area (TPSA) is 147 Å². The summed E-state index contributed by atoms with van der Waals surface area (Å²) >= 11 is 0. The maximum Gasteiger partial charge on any atom is 0.513 e. The van der Waals surface area contributed by atoms with Gasteiger partial charge in [-0.05, 0) is 54.2 Å². The number of rotatable bonds is 14. The molecule has 1 unspecified atom stereocenters. The first-order valence-electron chi connectivity index (χ1n) is 13.8. The average molecular weight is 582 g/mol. The number of carboxylic acids is 1. The first-order valence-corrected chi connectivity index (χ1v) is 13.8. The van der Waals surface area contributed by atoms with E-state index in [1.807, 2.05) is 55.4 Å². The molecule has 41 heavy (non-hydrogen) atoms. The molecule has 0 spiro atoms. The molecule has 0 aliphatic heterocycles. The average Bonchev–Trinajstić information content (AvgIpc) is 2.83. The predicted octanol–water partition coefficient (Wildman–Crippen LogP) is 5.76. The van der Waals surface area contributed by atoms with Gasteiger partial charge in [0.05, 0.1) is 13.2 Å². The van der Waals surface area contributed by atoms with Crippen molar-refractivity contribution in [1.29, 1.82) is 0 Å². The zero-order chi connectivity index (χ0) is 31.4. The molecule has 0 amide bonds. The minimum Gasteiger partial charge on any atom is -0.480 e. The van der Waals surface area contributed by atoms with Crippen molar-refractivity contribution in [3.63, 3.8) is 0 Å². The van der Waals surface area contributed by atoms with E-state index in [9.17, 15) is 24.3 Å². The van der Waals surface area contributed by atoms with Crippen LogP contribution in [0.5, 0.6) is 11.5 Å². The van der Waals surface area contributed by atoms with Gasteiger partial charge in [0.2, 0.25) is 0 Å². The minimum absolute atomic E-state index is 0.00843. The second kappa shape index (κ2) is 16.2. The monoisotopic (exact) mass is 581 g/mol. The van der Waals surface area contributed by atoms with Gasteiger partial charge in [0, 0.05) is 13.0 Å². The molecule has 1 rings (SSSR count). The zero-order valence-electron chi connectivity index (χ0n) is 25.8. The van der Waals surface area contributed by atoms with E-state index in [4.69, 9.17) is 23.7 Å². The number of carbonyl (C=O) groups excluding carboxylic acids is 3. The van der Waals surface area contributed by atoms with Gasteiger partial charge in [-0.15, -0.1) is 0 Å². The molecule has 1 aromatic carbocycles. The molecule has 0 saturated heterocycles. The van der Waals surface area contributed by atoms with Crippen LogP contribution in [0.4, 0.5) is 9.59 Å². The van der Waals surface area contributed by atoms with Crippen molar-refractivity contribution in [3.05, 3.63) is 23.8 Å². The normalized spacial score (nSPS) is 13.2. The van der Waals surface area contributed by atoms with Crippen molar-refractivity contribution in [3.8, 4) is 11.5 Å². The van der Waals surface area contributed by atoms with Gasteiger partial charge in [0.15, 0.2) is 11.5 Å². The minimum atomic E-state index is -1.12. The molecule has 0 heterocycles. The Morgan fingerprint density at radius 3 is 1.88 bits per heavy atom. The molecule has 11 heteroatoms. The molecular weight excluding hydrogens is 534 g/mol. The fourth-order valence-electron chi connectivity index (χ4n) is 3.16. The van der Waals surface area contributed by atoms with Crippen molar-refractivity contribution in [2.75, 3.05) is 19.8 Å². The predicted molar refractivity (Wildman–Crippen MR) is 152 cm³/mol. The maximum atomic E-state index is 12.4. The Labute approximate surface area is 243 Å². The third-order valence-electron chi connectivity index (χ3n) is 5.29. The van der Waals surface area contributed by atoms with E-state index in [1.165, 1.54) is 12.1 Å². The molecule has 2 N–H and O–H groups in total. The van der Waals surface area contributed by atoms with Gasteiger partial charge in [0.1, 0.15) is 12.1 Å². The molecule has 0 radical (unpaired) electrons. The largest absolute Gasteiger partial charge is 0.513 e. The van der Waals surface area contributed by atoms with Crippen LogP contribution in [-0.4, -0.2) is 61.3 Å². The summed E-state index contributed by atoms with van der Waals surface area (Å²) in [5.41, 5.74) is -0.126. The van der Waals surface area contributed by atoms with Crippen LogP contribution in [0.25, 0.3) is 0 Å². The van der Waals surface area contributed by atoms with Gasteiger partial charge >= 0.3 is 24.2 Å². The smallest absolute Gasteiger partial charge is 0.480 e. The summed E-state index contributed by atoms with van der Waals surface area (Å²) in [4.78, 5) is 48.6. The molecule has 0 aliphatic carbocycles. The van der Waals surface area contributed by atoms with E-state index < -0.39 is 30.4 Å². The molecular formula is C30H47NO10. The second-order valence-electron chi connectivity index (χ2n) is 12.9. The molecule has 0 aromatic heterocycles. The SMILES string of the molecule is CC(C)CCC(=O)OC(C)CN[C@@H](Cc1ccc(OC(=O)OCC(C)(C)C)c(OC(=O)OCC(C)(C)C)c1)C(=O)O. The van der Waals surface area contributed by atoms with Crippen molar-refractivity contribution in [2.45, 2.75) is 93.7 Å². The summed E-state index contributed by atoms with van der Waals surface area (Å²) in [6.45, 7) is 17.3. The molecule has 0 saturated carbocycles. The number of aliphatic carboxylic acids is 1. The molecule has 0 fully saturated rings. The van der Waals surface area contributed by atoms with Gasteiger partial charge in [-0.1, -0.05) is 61.5 Å². The Morgan fingerprint density at radius 2 is 1.39 bits per heavy atom. The van der Waals surface area contributed by atoms with Crippen LogP contribution in [0.15, 0.2) is 18.2 Å². The number of nitrogens with one attached hydrogen (secondary N) is 1. The van der Waals surface area contributed by atoms with E-state index in [0.29, 0.717) is 24.3 Å². The van der Waals surface area contributed by atoms with Gasteiger partial charge in [-0.2, -0.15) is 0 Å². The summed E-state index contributed by atoms with van der Waals surface area (Å²) in [6.07, 6.45) is -1.54. The van der Waals surface area contributed by atoms with Crippen molar-refractivity contribution in [2.24, 2.45) is 16.7 Å². The fraction of sp³-hybridized carbons (Fsp3) is 0.667. The zero-order valence-corrected chi connectivity index (χ0v) is 25.8. The summed E-state index contributed by atoms with van der Waals surface area (Å²) in [6, 6.07) is 3.29. The highest BCUT2D eigenvalue weighted by atomic mass is 16.7. The fourth-order valence-corrected chi connectivity index (χ4v) is 3.16. The Kier molecular flexibility index (Phi) is 14.1. The van der Waals surface area contributed by atoms with Gasteiger partial charge in [-0.25, -0.2) is 9.59 Å². The number of ether oxygens (including phenoxy) is 5. The third kappa shape index (κ3) is 16.5. The van der Waals surface area contributed by atoms with Crippen molar-refractivity contribution in [1.82, 2.24) is 5.32 Å². The number of hydrogen-bond donors (Lipinski definition) is 2. The van der Waals surface area contributed by atoms with Gasteiger partial charge < -0.3 is 34.1 Å². The first-order chi connectivity index (χ1) is 18.8. The Balaban J connectivity index is 3.00. The lowest BCUT2D eigenvalue weighted by atomic mass is 9.99. The highest BCUT2D eigenvalue weighted by Gasteiger charge is 2.23. The van der Waals surface area contributed by atoms with Crippen LogP contribution < -0.4 is 14.8 Å². The quantitative estimate of drug-likeness (QED) is 0.157. The van der Waals surface area contributed by atoms with Crippen LogP contribution in [0.2, 0.25) is 0 Å². The maximum absolute atomic E-state index is 12.4. The van der Waals surface area contributed by atoms with Gasteiger partial charge in [0.25, 0.3) is 0 Å². The lowest BCUT2D eigenvalue weighted by Crippen LogP contribution is -2.42. The summed E-state index contributed by atoms with van der Waals surface area (Å²) in [7, 11) is 0. The van der Waals surface area contributed by atoms with Crippen molar-refractivity contribution >= 4 is 24.2 Å². The van der Waals surface area contributed by atoms with E-state index >= 15 is 0 Å². The molecule has 2 atom stereocenters. The number of carbonyl (C=O) groups is 4. The molecule has 0 bridgehead atoms. The first kappa shape index (κ1) is 35.7. The number of benzene rings is 1. The van der Waals surface area contributed by atoms with Crippen molar-refractivity contribution < 1.29 is 48.0 Å². The van der Waals surface area contributed by atoms with E-state index in [1.54, 1.807) is 13.0 Å². The van der Waals surface area contributed by atoms with Crippen LogP contribution in [-0.2, 0) is 30.2 Å². The van der Waals surface area contributed by atoms with Gasteiger partial charge in [-0.3, -0.25) is 9.59 Å². The van der Waals surface area contributed by atoms with E-state index in [2.05, 4.69) is 5.32 Å². The van der Waals surface area contributed by atoms with Crippen LogP contribution in [0.3, 0.4) is 0 Å². The second-order valence-corrected chi connectivity index (χ2v) is 12.9. The Hall–Kier alpha value is -3.34. The standard InChI is InChI=1S/C30H47NO10/c1-19(2)10-13-25(32)39-20(3)16-31-22(26(33)34)14-21-11-12-23(40-27(35)37-17-29(4,5)6)24(15-21)41-28(36)38-18-30(7,8)9/h11-12,15,19-20,22,31H,10,13-14,16-18H2,1-9H3,(H,33,34)/t20?,22-/m0/s1. The third-order valence-corrected chi connectivity index (χ3v) is 5.29. The highest BCUT2D eigenvalue weighted by Crippen LogP contribution is 2.30. The Bertz CT molecular complexity index is 1020. The number of carboxylic acid groups (broad SMARTS) is 1. The van der Waals surface area contributed by atoms with E-state index in [-0.39, 0.29) is 54.5 Å². The number of hydrogen-bond acceptors (Lipinski definition) is 10. The summed E-state index contributed by atoms with van der Waals surface area (Å²) in [5, 5.41) is 12.7. The summed E-state index contributed by atoms with van der Waals surface area (Å²) < 4.78 is 26.3. The van der Waals surface area contributed by atoms with Crippen LogP contribution in [0, 0.1) is 16.7 Å². The highest BCUT2D eigenvalue weighted by molar-refractivity contribution is 5.74. The van der Waals surface area contributed by atoms with Crippen LogP contribution >= 0.6 is 0 Å². The molecule has 0 aliphatic rings. The molecule has 11 nitrogen and oxygen atoms in total. The lowest BCUT2D eigenvalue weighted by molar-refractivity contribution is -0.148. The lowest BCUT2D eigenvalue weighted by Gasteiger charge is -2.20. The summed E-state index contributed by atoms with van der Waals surface area (Å²) in [5.74, 6) is -1.32. The number of esters is 1. The molecule has 232 valence electrons. The van der Waals surface area contributed by atoms with Crippen LogP contribution in [0.1, 0.15) is 80.7 Å². The Morgan fingerprint density at radius 1 is 0.854 bits per heavy atom. The molecule has 1 aromatic rings.